The zero-order chi connectivity index (χ0) is 22.6. The minimum atomic E-state index is -1.04. The summed E-state index contributed by atoms with van der Waals surface area (Å²) in [6.45, 7) is 2.74. The zero-order valence-corrected chi connectivity index (χ0v) is 19.0. The molecule has 3 heterocycles. The molecule has 33 heavy (non-hydrogen) atoms. The van der Waals surface area contributed by atoms with Crippen molar-refractivity contribution >= 4 is 11.8 Å². The number of nitrogens with zero attached hydrogens (tertiary/aromatic N) is 3. The molecule has 1 aromatic heterocycles. The van der Waals surface area contributed by atoms with Gasteiger partial charge in [0.15, 0.2) is 11.5 Å². The number of ether oxygens (including phenoxy) is 2. The van der Waals surface area contributed by atoms with Crippen molar-refractivity contribution in [1.29, 1.82) is 0 Å². The van der Waals surface area contributed by atoms with E-state index in [-0.39, 0.29) is 24.6 Å². The van der Waals surface area contributed by atoms with Gasteiger partial charge in [0.1, 0.15) is 11.2 Å². The van der Waals surface area contributed by atoms with Crippen molar-refractivity contribution in [2.24, 2.45) is 0 Å². The lowest BCUT2D eigenvalue weighted by molar-refractivity contribution is -0.134. The van der Waals surface area contributed by atoms with Gasteiger partial charge in [-0.25, -0.2) is 0 Å². The van der Waals surface area contributed by atoms with E-state index >= 15 is 0 Å². The molecule has 2 aliphatic carbocycles. The van der Waals surface area contributed by atoms with Crippen LogP contribution in [0.4, 0.5) is 0 Å². The molecular weight excluding hydrogens is 420 g/mol. The van der Waals surface area contributed by atoms with Crippen LogP contribution >= 0.6 is 0 Å². The third-order valence-electron chi connectivity index (χ3n) is 7.52. The van der Waals surface area contributed by atoms with Gasteiger partial charge in [-0.1, -0.05) is 25.3 Å². The number of rotatable bonds is 5. The largest absolute Gasteiger partial charge is 0.454 e. The Labute approximate surface area is 193 Å². The first-order valence-corrected chi connectivity index (χ1v) is 12.1. The summed E-state index contributed by atoms with van der Waals surface area (Å²) in [4.78, 5) is 29.2. The summed E-state index contributed by atoms with van der Waals surface area (Å²) in [7, 11) is 0. The first-order valence-electron chi connectivity index (χ1n) is 12.1. The number of hydrogen-bond donors (Lipinski definition) is 1. The van der Waals surface area contributed by atoms with Gasteiger partial charge in [0.2, 0.25) is 12.7 Å². The van der Waals surface area contributed by atoms with Crippen LogP contribution in [0.3, 0.4) is 0 Å². The topological polar surface area (TPSA) is 85.7 Å². The Hall–Kier alpha value is -3.03. The number of fused-ring (bicyclic) bond motifs is 2. The van der Waals surface area contributed by atoms with E-state index in [1.807, 2.05) is 31.2 Å². The van der Waals surface area contributed by atoms with Gasteiger partial charge in [-0.3, -0.25) is 14.3 Å². The van der Waals surface area contributed by atoms with Gasteiger partial charge in [0.05, 0.1) is 12.2 Å². The number of amides is 2. The molecule has 0 spiro atoms. The highest BCUT2D eigenvalue weighted by Crippen LogP contribution is 2.41. The number of hydrogen-bond acceptors (Lipinski definition) is 5. The molecule has 1 atom stereocenters. The average molecular weight is 451 g/mol. The maximum atomic E-state index is 13.8. The molecule has 8 heteroatoms. The smallest absolute Gasteiger partial charge is 0.273 e. The van der Waals surface area contributed by atoms with Gasteiger partial charge in [-0.15, -0.1) is 0 Å². The second kappa shape index (κ2) is 7.78. The molecule has 8 nitrogen and oxygen atoms in total. The molecule has 0 saturated heterocycles. The fraction of sp³-hybridized carbons (Fsp3) is 0.560. The van der Waals surface area contributed by atoms with E-state index in [2.05, 4.69) is 5.32 Å². The van der Waals surface area contributed by atoms with E-state index in [9.17, 15) is 9.59 Å². The zero-order valence-electron chi connectivity index (χ0n) is 19.0. The van der Waals surface area contributed by atoms with Crippen LogP contribution in [0, 0.1) is 0 Å². The summed E-state index contributed by atoms with van der Waals surface area (Å²) in [6.07, 6.45) is 7.72. The van der Waals surface area contributed by atoms with Gasteiger partial charge < -0.3 is 19.7 Å². The molecule has 2 fully saturated rings. The molecule has 1 aromatic carbocycles. The van der Waals surface area contributed by atoms with Crippen molar-refractivity contribution < 1.29 is 19.1 Å². The Bertz CT molecular complexity index is 1100. The Morgan fingerprint density at radius 1 is 1.12 bits per heavy atom. The lowest BCUT2D eigenvalue weighted by atomic mass is 9.91. The fourth-order valence-electron chi connectivity index (χ4n) is 5.30. The van der Waals surface area contributed by atoms with E-state index in [0.717, 1.165) is 49.8 Å². The van der Waals surface area contributed by atoms with Crippen LogP contribution < -0.4 is 14.8 Å². The van der Waals surface area contributed by atoms with Crippen molar-refractivity contribution in [3.63, 3.8) is 0 Å². The SMILES string of the molecule is CC1(C(=O)NC2CCCCC2)Cn2nc(C3CC3)cc2C(=O)N1Cc1ccc2c(c1)OCO2. The first-order chi connectivity index (χ1) is 16.0. The number of nitrogens with one attached hydrogen (secondary N) is 1. The van der Waals surface area contributed by atoms with Gasteiger partial charge >= 0.3 is 0 Å². The number of carbonyl (C=O) groups excluding carboxylic acids is 2. The van der Waals surface area contributed by atoms with E-state index in [1.54, 1.807) is 9.58 Å². The molecular formula is C25H30N4O4. The summed E-state index contributed by atoms with van der Waals surface area (Å²) >= 11 is 0. The van der Waals surface area contributed by atoms with E-state index in [4.69, 9.17) is 14.6 Å². The molecule has 1 unspecified atom stereocenters. The highest BCUT2D eigenvalue weighted by atomic mass is 16.7. The third kappa shape index (κ3) is 3.65. The summed E-state index contributed by atoms with van der Waals surface area (Å²) in [5.41, 5.74) is 1.41. The number of carbonyl (C=O) groups is 2. The molecule has 174 valence electrons. The van der Waals surface area contributed by atoms with E-state index in [0.29, 0.717) is 36.2 Å². The molecule has 4 aliphatic rings. The molecule has 0 radical (unpaired) electrons. The summed E-state index contributed by atoms with van der Waals surface area (Å²) in [5, 5.41) is 7.99. The second-order valence-electron chi connectivity index (χ2n) is 10.0. The predicted octanol–water partition coefficient (Wildman–Crippen LogP) is 3.35. The van der Waals surface area contributed by atoms with Crippen molar-refractivity contribution in [3.8, 4) is 11.5 Å². The maximum absolute atomic E-state index is 13.8. The summed E-state index contributed by atoms with van der Waals surface area (Å²) in [5.74, 6) is 1.57. The van der Waals surface area contributed by atoms with Crippen molar-refractivity contribution in [2.75, 3.05) is 6.79 Å². The van der Waals surface area contributed by atoms with Gasteiger partial charge in [0.25, 0.3) is 5.91 Å². The Morgan fingerprint density at radius 2 is 1.91 bits per heavy atom. The van der Waals surface area contributed by atoms with Crippen LogP contribution in [0.1, 0.15) is 79.5 Å². The van der Waals surface area contributed by atoms with Gasteiger partial charge in [-0.2, -0.15) is 5.10 Å². The average Bonchev–Trinajstić information content (AvgIpc) is 3.41. The fourth-order valence-corrected chi connectivity index (χ4v) is 5.30. The minimum Gasteiger partial charge on any atom is -0.454 e. The third-order valence-corrected chi connectivity index (χ3v) is 7.52. The van der Waals surface area contributed by atoms with Crippen LogP contribution in [0.5, 0.6) is 11.5 Å². The molecule has 0 bridgehead atoms. The van der Waals surface area contributed by atoms with Crippen LogP contribution in [-0.2, 0) is 17.9 Å². The second-order valence-corrected chi connectivity index (χ2v) is 10.0. The van der Waals surface area contributed by atoms with Gasteiger partial charge in [0, 0.05) is 18.5 Å². The number of aromatic nitrogens is 2. The highest BCUT2D eigenvalue weighted by Gasteiger charge is 2.49. The quantitative estimate of drug-likeness (QED) is 0.755. The van der Waals surface area contributed by atoms with E-state index < -0.39 is 5.54 Å². The Morgan fingerprint density at radius 3 is 2.70 bits per heavy atom. The lowest BCUT2D eigenvalue weighted by Crippen LogP contribution is -2.64. The highest BCUT2D eigenvalue weighted by molar-refractivity contribution is 5.99. The Kier molecular flexibility index (Phi) is 4.85. The van der Waals surface area contributed by atoms with Crippen LogP contribution in [0.2, 0.25) is 0 Å². The van der Waals surface area contributed by atoms with Crippen molar-refractivity contribution in [2.45, 2.75) is 82.5 Å². The molecule has 6 rings (SSSR count). The van der Waals surface area contributed by atoms with Crippen molar-refractivity contribution in [1.82, 2.24) is 20.0 Å². The minimum absolute atomic E-state index is 0.0994. The van der Waals surface area contributed by atoms with Gasteiger partial charge in [-0.05, 0) is 56.4 Å². The predicted molar refractivity (Wildman–Crippen MR) is 120 cm³/mol. The first kappa shape index (κ1) is 20.6. The molecule has 2 aliphatic heterocycles. The molecule has 2 amide bonds. The molecule has 2 aromatic rings. The van der Waals surface area contributed by atoms with Crippen LogP contribution in [-0.4, -0.2) is 44.9 Å². The molecule has 1 N–H and O–H groups in total. The monoisotopic (exact) mass is 450 g/mol. The lowest BCUT2D eigenvalue weighted by Gasteiger charge is -2.44. The van der Waals surface area contributed by atoms with Crippen molar-refractivity contribution in [3.05, 3.63) is 41.2 Å². The summed E-state index contributed by atoms with van der Waals surface area (Å²) < 4.78 is 12.7. The standard InChI is InChI=1S/C25H30N4O4/c1-25(24(31)26-18-5-3-2-4-6-18)14-29-20(12-19(27-29)17-8-9-17)23(30)28(25)13-16-7-10-21-22(11-16)33-15-32-21/h7,10-12,17-18H,2-6,8-9,13-15H2,1H3,(H,26,31). The van der Waals surface area contributed by atoms with Crippen LogP contribution in [0.25, 0.3) is 0 Å². The van der Waals surface area contributed by atoms with Crippen LogP contribution in [0.15, 0.2) is 24.3 Å². The molecule has 2 saturated carbocycles. The Balaban J connectivity index is 1.33. The summed E-state index contributed by atoms with van der Waals surface area (Å²) in [6, 6.07) is 7.79. The maximum Gasteiger partial charge on any atom is 0.273 e. The number of benzene rings is 1. The van der Waals surface area contributed by atoms with E-state index in [1.165, 1.54) is 6.42 Å². The normalized spacial score (nSPS) is 24.6.